The number of aliphatic hydroxyl groups is 1. The highest BCUT2D eigenvalue weighted by atomic mass is 16.5. The predicted octanol–water partition coefficient (Wildman–Crippen LogP) is 1.85. The van der Waals surface area contributed by atoms with Crippen LogP contribution < -0.4 is 15.8 Å². The van der Waals surface area contributed by atoms with Gasteiger partial charge in [0.2, 0.25) is 0 Å². The Labute approximate surface area is 96.4 Å². The minimum Gasteiger partial charge on any atom is -0.491 e. The molecular weight excluding hydrogens is 204 g/mol. The molecule has 90 valence electrons. The summed E-state index contributed by atoms with van der Waals surface area (Å²) < 4.78 is 5.51. The molecule has 0 bridgehead atoms. The molecule has 1 unspecified atom stereocenters. The fraction of sp³-hybridized carbons (Fsp3) is 0.500. The van der Waals surface area contributed by atoms with Crippen molar-refractivity contribution in [3.05, 3.63) is 18.2 Å². The summed E-state index contributed by atoms with van der Waals surface area (Å²) in [6, 6.07) is 5.60. The SMILES string of the molecule is CCCOc1cccc(NCC(C)O)c1N. The Bertz CT molecular complexity index is 327. The molecule has 1 aromatic carbocycles. The maximum absolute atomic E-state index is 9.18. The molecule has 0 aliphatic carbocycles. The van der Waals surface area contributed by atoms with E-state index in [9.17, 15) is 5.11 Å². The molecule has 0 aliphatic rings. The lowest BCUT2D eigenvalue weighted by Gasteiger charge is -2.14. The maximum atomic E-state index is 9.18. The van der Waals surface area contributed by atoms with E-state index < -0.39 is 6.10 Å². The molecular formula is C12H20N2O2. The Morgan fingerprint density at radius 3 is 2.88 bits per heavy atom. The largest absolute Gasteiger partial charge is 0.491 e. The molecule has 4 heteroatoms. The number of nitrogen functional groups attached to an aromatic ring is 1. The summed E-state index contributed by atoms with van der Waals surface area (Å²) in [5, 5.41) is 12.3. The van der Waals surface area contributed by atoms with Gasteiger partial charge < -0.3 is 20.9 Å². The maximum Gasteiger partial charge on any atom is 0.144 e. The molecule has 0 radical (unpaired) electrons. The van der Waals surface area contributed by atoms with Gasteiger partial charge in [-0.25, -0.2) is 0 Å². The van der Waals surface area contributed by atoms with E-state index in [1.807, 2.05) is 25.1 Å². The monoisotopic (exact) mass is 224 g/mol. The van der Waals surface area contributed by atoms with Gasteiger partial charge in [0, 0.05) is 6.54 Å². The Kier molecular flexibility index (Phi) is 4.92. The van der Waals surface area contributed by atoms with Gasteiger partial charge in [-0.2, -0.15) is 0 Å². The average Bonchev–Trinajstić information content (AvgIpc) is 2.26. The number of para-hydroxylation sites is 1. The van der Waals surface area contributed by atoms with Crippen LogP contribution in [0.5, 0.6) is 5.75 Å². The van der Waals surface area contributed by atoms with Crippen molar-refractivity contribution in [3.8, 4) is 5.75 Å². The standard InChI is InChI=1S/C12H20N2O2/c1-3-7-16-11-6-4-5-10(12(11)13)14-8-9(2)15/h4-6,9,14-15H,3,7-8,13H2,1-2H3. The van der Waals surface area contributed by atoms with Crippen LogP contribution in [-0.2, 0) is 0 Å². The highest BCUT2D eigenvalue weighted by molar-refractivity contribution is 5.72. The van der Waals surface area contributed by atoms with Gasteiger partial charge in [0.15, 0.2) is 0 Å². The topological polar surface area (TPSA) is 67.5 Å². The van der Waals surface area contributed by atoms with Crippen LogP contribution in [0.15, 0.2) is 18.2 Å². The fourth-order valence-corrected chi connectivity index (χ4v) is 1.29. The van der Waals surface area contributed by atoms with Crippen LogP contribution in [0.25, 0.3) is 0 Å². The number of ether oxygens (including phenoxy) is 1. The van der Waals surface area contributed by atoms with Crippen molar-refractivity contribution >= 4 is 11.4 Å². The zero-order valence-corrected chi connectivity index (χ0v) is 9.86. The molecule has 0 fully saturated rings. The van der Waals surface area contributed by atoms with E-state index in [4.69, 9.17) is 10.5 Å². The smallest absolute Gasteiger partial charge is 0.144 e. The predicted molar refractivity (Wildman–Crippen MR) is 66.8 cm³/mol. The molecule has 0 saturated heterocycles. The molecule has 0 saturated carbocycles. The number of benzene rings is 1. The van der Waals surface area contributed by atoms with Gasteiger partial charge >= 0.3 is 0 Å². The molecule has 4 nitrogen and oxygen atoms in total. The van der Waals surface area contributed by atoms with Crippen molar-refractivity contribution in [1.29, 1.82) is 0 Å². The van der Waals surface area contributed by atoms with Crippen LogP contribution in [0.1, 0.15) is 20.3 Å². The van der Waals surface area contributed by atoms with E-state index in [0.29, 0.717) is 24.6 Å². The number of rotatable bonds is 6. The van der Waals surface area contributed by atoms with Gasteiger partial charge in [-0.3, -0.25) is 0 Å². The van der Waals surface area contributed by atoms with E-state index in [2.05, 4.69) is 5.32 Å². The Balaban J connectivity index is 2.70. The second kappa shape index (κ2) is 6.23. The summed E-state index contributed by atoms with van der Waals surface area (Å²) in [5.41, 5.74) is 7.34. The molecule has 0 aliphatic heterocycles. The summed E-state index contributed by atoms with van der Waals surface area (Å²) in [5.74, 6) is 0.692. The quantitative estimate of drug-likeness (QED) is 0.645. The molecule has 1 rings (SSSR count). The van der Waals surface area contributed by atoms with Crippen molar-refractivity contribution < 1.29 is 9.84 Å². The lowest BCUT2D eigenvalue weighted by Crippen LogP contribution is -2.16. The summed E-state index contributed by atoms with van der Waals surface area (Å²) in [6.45, 7) is 4.90. The van der Waals surface area contributed by atoms with Crippen LogP contribution >= 0.6 is 0 Å². The molecule has 16 heavy (non-hydrogen) atoms. The number of aliphatic hydroxyl groups excluding tert-OH is 1. The average molecular weight is 224 g/mol. The van der Waals surface area contributed by atoms with Gasteiger partial charge in [0.1, 0.15) is 5.75 Å². The first-order valence-electron chi connectivity index (χ1n) is 5.58. The molecule has 1 aromatic rings. The van der Waals surface area contributed by atoms with Crippen molar-refractivity contribution in [2.75, 3.05) is 24.2 Å². The van der Waals surface area contributed by atoms with Gasteiger partial charge in [-0.15, -0.1) is 0 Å². The zero-order valence-electron chi connectivity index (χ0n) is 9.86. The summed E-state index contributed by atoms with van der Waals surface area (Å²) in [4.78, 5) is 0. The van der Waals surface area contributed by atoms with Crippen molar-refractivity contribution in [2.45, 2.75) is 26.4 Å². The normalized spacial score (nSPS) is 12.2. The number of hydrogen-bond donors (Lipinski definition) is 3. The van der Waals surface area contributed by atoms with Gasteiger partial charge in [0.05, 0.1) is 24.1 Å². The third-order valence-corrected chi connectivity index (χ3v) is 2.12. The minimum absolute atomic E-state index is 0.403. The highest BCUT2D eigenvalue weighted by Crippen LogP contribution is 2.29. The Morgan fingerprint density at radius 2 is 2.25 bits per heavy atom. The van der Waals surface area contributed by atoms with E-state index in [0.717, 1.165) is 12.1 Å². The first-order chi connectivity index (χ1) is 7.65. The van der Waals surface area contributed by atoms with E-state index in [-0.39, 0.29) is 0 Å². The van der Waals surface area contributed by atoms with Crippen LogP contribution in [0.2, 0.25) is 0 Å². The Hall–Kier alpha value is -1.42. The lowest BCUT2D eigenvalue weighted by molar-refractivity contribution is 0.208. The number of hydrogen-bond acceptors (Lipinski definition) is 4. The first kappa shape index (κ1) is 12.6. The first-order valence-corrected chi connectivity index (χ1v) is 5.58. The van der Waals surface area contributed by atoms with E-state index >= 15 is 0 Å². The van der Waals surface area contributed by atoms with Gasteiger partial charge in [-0.05, 0) is 25.5 Å². The van der Waals surface area contributed by atoms with E-state index in [1.165, 1.54) is 0 Å². The van der Waals surface area contributed by atoms with Crippen LogP contribution in [0, 0.1) is 0 Å². The second-order valence-electron chi connectivity index (χ2n) is 3.80. The third kappa shape index (κ3) is 3.62. The van der Waals surface area contributed by atoms with E-state index in [1.54, 1.807) is 6.92 Å². The number of anilines is 2. The third-order valence-electron chi connectivity index (χ3n) is 2.12. The zero-order chi connectivity index (χ0) is 12.0. The second-order valence-corrected chi connectivity index (χ2v) is 3.80. The highest BCUT2D eigenvalue weighted by Gasteiger charge is 2.06. The van der Waals surface area contributed by atoms with Crippen LogP contribution in [0.4, 0.5) is 11.4 Å². The summed E-state index contributed by atoms with van der Waals surface area (Å²) in [7, 11) is 0. The van der Waals surface area contributed by atoms with Crippen molar-refractivity contribution in [2.24, 2.45) is 0 Å². The molecule has 0 heterocycles. The molecule has 1 atom stereocenters. The number of nitrogens with two attached hydrogens (primary N) is 1. The lowest BCUT2D eigenvalue weighted by atomic mass is 10.2. The molecule has 4 N–H and O–H groups in total. The minimum atomic E-state index is -0.403. The molecule has 0 amide bonds. The fourth-order valence-electron chi connectivity index (χ4n) is 1.29. The molecule has 0 spiro atoms. The van der Waals surface area contributed by atoms with Crippen LogP contribution in [0.3, 0.4) is 0 Å². The molecule has 0 aromatic heterocycles. The number of nitrogens with one attached hydrogen (secondary N) is 1. The summed E-state index contributed by atoms with van der Waals surface area (Å²) in [6.07, 6.45) is 0.546. The van der Waals surface area contributed by atoms with Crippen molar-refractivity contribution in [3.63, 3.8) is 0 Å². The van der Waals surface area contributed by atoms with Crippen LogP contribution in [-0.4, -0.2) is 24.4 Å². The van der Waals surface area contributed by atoms with Crippen molar-refractivity contribution in [1.82, 2.24) is 0 Å². The Morgan fingerprint density at radius 1 is 1.50 bits per heavy atom. The summed E-state index contributed by atoms with van der Waals surface area (Å²) >= 11 is 0. The van der Waals surface area contributed by atoms with Gasteiger partial charge in [0.25, 0.3) is 0 Å². The van der Waals surface area contributed by atoms with Gasteiger partial charge in [-0.1, -0.05) is 13.0 Å².